The highest BCUT2D eigenvalue weighted by molar-refractivity contribution is 9.10. The standard InChI is InChI=1S/C9H6BrNO/c10-7-3-11-2-6-8(7)4-1-5(4)9(6)12/h2-5H,1H2. The van der Waals surface area contributed by atoms with E-state index in [1.54, 1.807) is 12.4 Å². The number of hydrogen-bond acceptors (Lipinski definition) is 2. The normalized spacial score (nSPS) is 29.9. The minimum Gasteiger partial charge on any atom is -0.294 e. The summed E-state index contributed by atoms with van der Waals surface area (Å²) in [7, 11) is 0. The summed E-state index contributed by atoms with van der Waals surface area (Å²) in [4.78, 5) is 15.5. The number of aromatic nitrogens is 1. The highest BCUT2D eigenvalue weighted by atomic mass is 79.9. The second-order valence-electron chi connectivity index (χ2n) is 3.40. The van der Waals surface area contributed by atoms with Crippen molar-refractivity contribution in [1.82, 2.24) is 4.98 Å². The summed E-state index contributed by atoms with van der Waals surface area (Å²) >= 11 is 3.43. The molecule has 2 atom stereocenters. The molecule has 0 bridgehead atoms. The van der Waals surface area contributed by atoms with Crippen LogP contribution in [0, 0.1) is 5.92 Å². The Kier molecular flexibility index (Phi) is 1.11. The van der Waals surface area contributed by atoms with E-state index in [2.05, 4.69) is 20.9 Å². The third-order valence-corrected chi connectivity index (χ3v) is 3.33. The number of hydrogen-bond donors (Lipinski definition) is 0. The summed E-state index contributed by atoms with van der Waals surface area (Å²) in [5.74, 6) is 1.09. The summed E-state index contributed by atoms with van der Waals surface area (Å²) in [6, 6.07) is 0. The summed E-state index contributed by atoms with van der Waals surface area (Å²) in [5.41, 5.74) is 2.03. The molecule has 1 heterocycles. The minimum atomic E-state index is 0.292. The van der Waals surface area contributed by atoms with E-state index in [-0.39, 0.29) is 0 Å². The van der Waals surface area contributed by atoms with E-state index < -0.39 is 0 Å². The Morgan fingerprint density at radius 1 is 1.42 bits per heavy atom. The molecule has 3 heteroatoms. The van der Waals surface area contributed by atoms with Crippen molar-refractivity contribution >= 4 is 21.7 Å². The van der Waals surface area contributed by atoms with Gasteiger partial charge in [0.1, 0.15) is 0 Å². The van der Waals surface area contributed by atoms with Crippen LogP contribution in [0.5, 0.6) is 0 Å². The molecule has 2 nitrogen and oxygen atoms in total. The largest absolute Gasteiger partial charge is 0.294 e. The monoisotopic (exact) mass is 223 g/mol. The average Bonchev–Trinajstić information content (AvgIpc) is 2.77. The molecule has 3 rings (SSSR count). The van der Waals surface area contributed by atoms with Gasteiger partial charge in [0.25, 0.3) is 0 Å². The van der Waals surface area contributed by atoms with Gasteiger partial charge in [-0.15, -0.1) is 0 Å². The molecular weight excluding hydrogens is 218 g/mol. The van der Waals surface area contributed by atoms with Crippen molar-refractivity contribution in [2.75, 3.05) is 0 Å². The molecule has 1 aromatic heterocycles. The van der Waals surface area contributed by atoms with Gasteiger partial charge in [-0.2, -0.15) is 0 Å². The second kappa shape index (κ2) is 1.96. The Morgan fingerprint density at radius 3 is 3.00 bits per heavy atom. The fourth-order valence-electron chi connectivity index (χ4n) is 2.02. The summed E-state index contributed by atoms with van der Waals surface area (Å²) in [6.07, 6.45) is 4.51. The van der Waals surface area contributed by atoms with Crippen molar-refractivity contribution in [1.29, 1.82) is 0 Å². The predicted molar refractivity (Wildman–Crippen MR) is 47.1 cm³/mol. The van der Waals surface area contributed by atoms with Gasteiger partial charge in [0, 0.05) is 28.3 Å². The first-order valence-electron chi connectivity index (χ1n) is 3.96. The number of fused-ring (bicyclic) bond motifs is 3. The zero-order chi connectivity index (χ0) is 8.29. The Balaban J connectivity index is 2.32. The fraction of sp³-hybridized carbons (Fsp3) is 0.333. The SMILES string of the molecule is O=C1c2cncc(Br)c2C2CC12. The van der Waals surface area contributed by atoms with Crippen molar-refractivity contribution in [3.8, 4) is 0 Å². The molecule has 0 radical (unpaired) electrons. The summed E-state index contributed by atoms with van der Waals surface area (Å²) in [5, 5.41) is 0. The zero-order valence-corrected chi connectivity index (χ0v) is 7.84. The van der Waals surface area contributed by atoms with E-state index in [9.17, 15) is 4.79 Å². The molecule has 12 heavy (non-hydrogen) atoms. The number of carbonyl (C=O) groups excluding carboxylic acids is 1. The molecule has 0 aliphatic heterocycles. The van der Waals surface area contributed by atoms with Crippen LogP contribution in [0.3, 0.4) is 0 Å². The molecule has 0 saturated heterocycles. The van der Waals surface area contributed by atoms with Crippen molar-refractivity contribution in [2.24, 2.45) is 5.92 Å². The van der Waals surface area contributed by atoms with Crippen LogP contribution < -0.4 is 0 Å². The quantitative estimate of drug-likeness (QED) is 0.675. The number of Topliss-reactive ketones (excluding diaryl/α,β-unsaturated/α-hetero) is 1. The van der Waals surface area contributed by atoms with Crippen LogP contribution in [-0.4, -0.2) is 10.8 Å². The molecule has 60 valence electrons. The third-order valence-electron chi connectivity index (χ3n) is 2.70. The zero-order valence-electron chi connectivity index (χ0n) is 6.25. The predicted octanol–water partition coefficient (Wildman–Crippen LogP) is 2.14. The van der Waals surface area contributed by atoms with Crippen LogP contribution in [-0.2, 0) is 0 Å². The van der Waals surface area contributed by atoms with E-state index in [1.807, 2.05) is 0 Å². The molecular formula is C9H6BrNO. The molecule has 2 unspecified atom stereocenters. The van der Waals surface area contributed by atoms with Crippen LogP contribution in [0.1, 0.15) is 28.3 Å². The van der Waals surface area contributed by atoms with Gasteiger partial charge in [-0.3, -0.25) is 9.78 Å². The minimum absolute atomic E-state index is 0.292. The molecule has 0 amide bonds. The third kappa shape index (κ3) is 0.654. The lowest BCUT2D eigenvalue weighted by atomic mass is 10.1. The van der Waals surface area contributed by atoms with Gasteiger partial charge >= 0.3 is 0 Å². The van der Waals surface area contributed by atoms with E-state index in [0.29, 0.717) is 17.6 Å². The van der Waals surface area contributed by atoms with E-state index in [4.69, 9.17) is 0 Å². The second-order valence-corrected chi connectivity index (χ2v) is 4.25. The Bertz CT molecular complexity index is 388. The van der Waals surface area contributed by atoms with Crippen molar-refractivity contribution in [2.45, 2.75) is 12.3 Å². The number of halogens is 1. The van der Waals surface area contributed by atoms with Crippen LogP contribution in [0.2, 0.25) is 0 Å². The molecule has 0 N–H and O–H groups in total. The molecule has 1 saturated carbocycles. The lowest BCUT2D eigenvalue weighted by Crippen LogP contribution is -1.98. The molecule has 0 spiro atoms. The smallest absolute Gasteiger partial charge is 0.168 e. The maximum Gasteiger partial charge on any atom is 0.168 e. The van der Waals surface area contributed by atoms with Crippen molar-refractivity contribution in [3.05, 3.63) is 28.0 Å². The molecule has 2 aliphatic rings. The van der Waals surface area contributed by atoms with Gasteiger partial charge in [-0.1, -0.05) is 0 Å². The molecule has 2 aliphatic carbocycles. The maximum absolute atomic E-state index is 11.5. The van der Waals surface area contributed by atoms with Crippen LogP contribution >= 0.6 is 15.9 Å². The van der Waals surface area contributed by atoms with Gasteiger partial charge < -0.3 is 0 Å². The maximum atomic E-state index is 11.5. The van der Waals surface area contributed by atoms with Crippen LogP contribution in [0.4, 0.5) is 0 Å². The lowest BCUT2D eigenvalue weighted by molar-refractivity contribution is 0.0974. The van der Waals surface area contributed by atoms with E-state index >= 15 is 0 Å². The van der Waals surface area contributed by atoms with Crippen molar-refractivity contribution < 1.29 is 4.79 Å². The highest BCUT2D eigenvalue weighted by Gasteiger charge is 2.52. The first-order chi connectivity index (χ1) is 5.79. The lowest BCUT2D eigenvalue weighted by Gasteiger charge is -2.01. The van der Waals surface area contributed by atoms with Gasteiger partial charge in [0.05, 0.1) is 0 Å². The Hall–Kier alpha value is -0.700. The Labute approximate surface area is 78.1 Å². The summed E-state index contributed by atoms with van der Waals surface area (Å²) in [6.45, 7) is 0. The molecule has 1 aromatic rings. The van der Waals surface area contributed by atoms with E-state index in [1.165, 1.54) is 5.56 Å². The van der Waals surface area contributed by atoms with Crippen molar-refractivity contribution in [3.63, 3.8) is 0 Å². The number of pyridine rings is 1. The number of rotatable bonds is 0. The fourth-order valence-corrected chi connectivity index (χ4v) is 2.65. The number of carbonyl (C=O) groups is 1. The highest BCUT2D eigenvalue weighted by Crippen LogP contribution is 2.57. The average molecular weight is 224 g/mol. The van der Waals surface area contributed by atoms with E-state index in [0.717, 1.165) is 16.5 Å². The first kappa shape index (κ1) is 6.78. The number of ketones is 1. The van der Waals surface area contributed by atoms with Gasteiger partial charge in [0.15, 0.2) is 5.78 Å². The Morgan fingerprint density at radius 2 is 2.25 bits per heavy atom. The topological polar surface area (TPSA) is 30.0 Å². The summed E-state index contributed by atoms with van der Waals surface area (Å²) < 4.78 is 0.998. The van der Waals surface area contributed by atoms with Gasteiger partial charge in [-0.25, -0.2) is 0 Å². The molecule has 1 fully saturated rings. The number of nitrogens with zero attached hydrogens (tertiary/aromatic N) is 1. The molecule has 0 aromatic carbocycles. The van der Waals surface area contributed by atoms with Gasteiger partial charge in [-0.05, 0) is 33.8 Å². The first-order valence-corrected chi connectivity index (χ1v) is 4.76. The van der Waals surface area contributed by atoms with Gasteiger partial charge in [0.2, 0.25) is 0 Å². The van der Waals surface area contributed by atoms with Crippen LogP contribution in [0.25, 0.3) is 0 Å². The van der Waals surface area contributed by atoms with Crippen LogP contribution in [0.15, 0.2) is 16.9 Å².